The van der Waals surface area contributed by atoms with Gasteiger partial charge in [0.2, 0.25) is 0 Å². The van der Waals surface area contributed by atoms with Gasteiger partial charge in [-0.25, -0.2) is 0 Å². The van der Waals surface area contributed by atoms with Crippen LogP contribution < -0.4 is 0 Å². The van der Waals surface area contributed by atoms with Crippen LogP contribution in [0.4, 0.5) is 0 Å². The average molecular weight is 581 g/mol. The molecule has 0 aliphatic heterocycles. The predicted molar refractivity (Wildman–Crippen MR) is 183 cm³/mol. The monoisotopic (exact) mass is 580 g/mol. The molecule has 3 nitrogen and oxygen atoms in total. The van der Waals surface area contributed by atoms with Crippen molar-refractivity contribution in [3.05, 3.63) is 117 Å². The van der Waals surface area contributed by atoms with E-state index in [1.807, 2.05) is 62.5 Å². The number of Topliss-reactive ketones (excluding diaryl/α,β-unsaturated/α-hetero) is 1. The van der Waals surface area contributed by atoms with Gasteiger partial charge in [0.15, 0.2) is 5.78 Å². The summed E-state index contributed by atoms with van der Waals surface area (Å²) in [7, 11) is 0. The van der Waals surface area contributed by atoms with Gasteiger partial charge in [-0.3, -0.25) is 4.79 Å². The minimum absolute atomic E-state index is 0.0916. The fraction of sp³-hybridized carbons (Fsp3) is 0.425. The number of allylic oxidation sites excluding steroid dienone is 18. The van der Waals surface area contributed by atoms with Gasteiger partial charge >= 0.3 is 0 Å². The zero-order valence-electron chi connectivity index (χ0n) is 28.0. The molecule has 0 saturated heterocycles. The molecule has 0 aromatic rings. The molecule has 0 heterocycles. The molecule has 2 N–H and O–H groups in total. The zero-order chi connectivity index (χ0) is 32.4. The molecule has 2 atom stereocenters. The van der Waals surface area contributed by atoms with Crippen molar-refractivity contribution in [3.8, 4) is 11.8 Å². The third kappa shape index (κ3) is 11.3. The Balaban J connectivity index is 1.94. The van der Waals surface area contributed by atoms with Gasteiger partial charge in [0.25, 0.3) is 0 Å². The molecule has 0 radical (unpaired) electrons. The van der Waals surface area contributed by atoms with Gasteiger partial charge in [-0.15, -0.1) is 0 Å². The first-order valence-electron chi connectivity index (χ1n) is 15.3. The van der Waals surface area contributed by atoms with Gasteiger partial charge in [-0.1, -0.05) is 135 Å². The number of hydrogen-bond donors (Lipinski definition) is 2. The van der Waals surface area contributed by atoms with Crippen LogP contribution in [0.1, 0.15) is 88.5 Å². The number of carbonyl (C=O) groups excluding carboxylic acids is 1. The Hall–Kier alpha value is -3.45. The standard InChI is InChI=1S/C40H52O3/c1-28(17-13-19-30(3)21-23-35-32(5)25-34(41)26-39(35,7)8)15-11-12-16-29(2)18-14-20-31(4)22-24-36-33(6)38(43)37(42)27-40(36,9)10/h11-20,22,24,34,37,41-42H,25-27H2,1-10H3/b12-11+,17-13+,18-14+,24-22+,28-15+,29-16+,30-19+,31-20+. The number of aliphatic hydroxyl groups excluding tert-OH is 2. The first-order valence-corrected chi connectivity index (χ1v) is 15.3. The molecule has 0 aromatic carbocycles. The van der Waals surface area contributed by atoms with Crippen LogP contribution in [-0.2, 0) is 4.79 Å². The molecule has 2 aliphatic carbocycles. The van der Waals surface area contributed by atoms with E-state index < -0.39 is 6.10 Å². The van der Waals surface area contributed by atoms with Crippen molar-refractivity contribution in [1.29, 1.82) is 0 Å². The van der Waals surface area contributed by atoms with E-state index in [1.54, 1.807) is 6.92 Å². The van der Waals surface area contributed by atoms with Crippen molar-refractivity contribution >= 4 is 5.78 Å². The van der Waals surface area contributed by atoms with E-state index in [9.17, 15) is 15.0 Å². The largest absolute Gasteiger partial charge is 0.393 e. The first-order chi connectivity index (χ1) is 20.0. The van der Waals surface area contributed by atoms with E-state index in [2.05, 4.69) is 84.6 Å². The Labute approximate surface area is 261 Å². The van der Waals surface area contributed by atoms with Gasteiger partial charge in [0.05, 0.1) is 6.10 Å². The van der Waals surface area contributed by atoms with Crippen molar-refractivity contribution in [1.82, 2.24) is 0 Å². The molecule has 2 rings (SSSR count). The Kier molecular flexibility index (Phi) is 13.2. The van der Waals surface area contributed by atoms with Gasteiger partial charge in [0.1, 0.15) is 6.10 Å². The Bertz CT molecular complexity index is 1430. The number of carbonyl (C=O) groups is 1. The van der Waals surface area contributed by atoms with Crippen LogP contribution in [0.3, 0.4) is 0 Å². The average Bonchev–Trinajstić information content (AvgIpc) is 2.88. The number of hydrogen-bond acceptors (Lipinski definition) is 3. The molecule has 43 heavy (non-hydrogen) atoms. The van der Waals surface area contributed by atoms with E-state index in [1.165, 1.54) is 5.57 Å². The lowest BCUT2D eigenvalue weighted by atomic mass is 9.71. The van der Waals surface area contributed by atoms with Crippen LogP contribution >= 0.6 is 0 Å². The lowest BCUT2D eigenvalue weighted by Crippen LogP contribution is -2.35. The molecule has 0 amide bonds. The van der Waals surface area contributed by atoms with Crippen molar-refractivity contribution < 1.29 is 15.0 Å². The minimum Gasteiger partial charge on any atom is -0.393 e. The summed E-state index contributed by atoms with van der Waals surface area (Å²) in [5.74, 6) is 6.49. The molecule has 230 valence electrons. The molecule has 0 spiro atoms. The highest BCUT2D eigenvalue weighted by Crippen LogP contribution is 2.40. The second-order valence-corrected chi connectivity index (χ2v) is 13.4. The number of aliphatic hydroxyl groups is 2. The highest BCUT2D eigenvalue weighted by Gasteiger charge is 2.36. The summed E-state index contributed by atoms with van der Waals surface area (Å²) in [5.41, 5.74) is 8.03. The molecule has 2 aliphatic rings. The number of ketones is 1. The summed E-state index contributed by atoms with van der Waals surface area (Å²) in [4.78, 5) is 12.2. The SMILES string of the molecule is CC1=C(C#C/C(C)=C/C=C/C(C)=C/C=C/C=C(C)/C=C/C=C(C)/C=C/C2=C(C)C(=O)C(O)CC2(C)C)C(C)(C)CC(O)C1. The molecular weight excluding hydrogens is 528 g/mol. The van der Waals surface area contributed by atoms with E-state index in [0.29, 0.717) is 18.4 Å². The maximum absolute atomic E-state index is 12.2. The Morgan fingerprint density at radius 1 is 0.767 bits per heavy atom. The van der Waals surface area contributed by atoms with E-state index in [4.69, 9.17) is 0 Å². The Morgan fingerprint density at radius 2 is 1.30 bits per heavy atom. The summed E-state index contributed by atoms with van der Waals surface area (Å²) >= 11 is 0. The second-order valence-electron chi connectivity index (χ2n) is 13.4. The normalized spacial score (nSPS) is 24.2. The van der Waals surface area contributed by atoms with Crippen LogP contribution in [0.2, 0.25) is 0 Å². The van der Waals surface area contributed by atoms with Crippen molar-refractivity contribution in [2.75, 3.05) is 0 Å². The van der Waals surface area contributed by atoms with Crippen LogP contribution in [-0.4, -0.2) is 28.2 Å². The van der Waals surface area contributed by atoms with Crippen molar-refractivity contribution in [2.45, 2.75) is 101 Å². The number of rotatable bonds is 8. The van der Waals surface area contributed by atoms with Gasteiger partial charge < -0.3 is 10.2 Å². The third-order valence-electron chi connectivity index (χ3n) is 8.05. The highest BCUT2D eigenvalue weighted by molar-refractivity contribution is 6.00. The van der Waals surface area contributed by atoms with E-state index >= 15 is 0 Å². The van der Waals surface area contributed by atoms with Crippen molar-refractivity contribution in [3.63, 3.8) is 0 Å². The molecular formula is C40H52O3. The topological polar surface area (TPSA) is 57.5 Å². The summed E-state index contributed by atoms with van der Waals surface area (Å²) in [6.07, 6.45) is 25.3. The first kappa shape index (κ1) is 35.7. The quantitative estimate of drug-likeness (QED) is 0.222. The molecule has 0 aromatic heterocycles. The molecule has 0 fully saturated rings. The van der Waals surface area contributed by atoms with Crippen LogP contribution in [0, 0.1) is 22.7 Å². The third-order valence-corrected chi connectivity index (χ3v) is 8.05. The lowest BCUT2D eigenvalue weighted by Gasteiger charge is -2.34. The zero-order valence-corrected chi connectivity index (χ0v) is 28.0. The van der Waals surface area contributed by atoms with E-state index in [0.717, 1.165) is 39.9 Å². The smallest absolute Gasteiger partial charge is 0.187 e. The highest BCUT2D eigenvalue weighted by atomic mass is 16.3. The van der Waals surface area contributed by atoms with Crippen LogP contribution in [0.25, 0.3) is 0 Å². The van der Waals surface area contributed by atoms with Gasteiger partial charge in [-0.05, 0) is 82.9 Å². The minimum atomic E-state index is -0.900. The predicted octanol–water partition coefficient (Wildman–Crippen LogP) is 9.17. The summed E-state index contributed by atoms with van der Waals surface area (Å²) in [5, 5.41) is 20.1. The summed E-state index contributed by atoms with van der Waals surface area (Å²) < 4.78 is 0. The van der Waals surface area contributed by atoms with Crippen LogP contribution in [0.5, 0.6) is 0 Å². The molecule has 3 heteroatoms. The maximum atomic E-state index is 12.2. The van der Waals surface area contributed by atoms with Crippen molar-refractivity contribution in [2.24, 2.45) is 10.8 Å². The van der Waals surface area contributed by atoms with Gasteiger partial charge in [0, 0.05) is 11.0 Å². The maximum Gasteiger partial charge on any atom is 0.187 e. The lowest BCUT2D eigenvalue weighted by molar-refractivity contribution is -0.125. The van der Waals surface area contributed by atoms with Crippen LogP contribution in [0.15, 0.2) is 117 Å². The molecule has 2 unspecified atom stereocenters. The molecule has 0 saturated carbocycles. The van der Waals surface area contributed by atoms with E-state index in [-0.39, 0.29) is 22.7 Å². The fourth-order valence-corrected chi connectivity index (χ4v) is 5.69. The molecule has 0 bridgehead atoms. The second kappa shape index (κ2) is 15.9. The fourth-order valence-electron chi connectivity index (χ4n) is 5.69. The Morgan fingerprint density at radius 3 is 1.88 bits per heavy atom. The summed E-state index contributed by atoms with van der Waals surface area (Å²) in [6.45, 7) is 20.5. The summed E-state index contributed by atoms with van der Waals surface area (Å²) in [6, 6.07) is 0. The van der Waals surface area contributed by atoms with Gasteiger partial charge in [-0.2, -0.15) is 0 Å².